The highest BCUT2D eigenvalue weighted by molar-refractivity contribution is 6.29. The predicted octanol–water partition coefficient (Wildman–Crippen LogP) is 2.62. The second kappa shape index (κ2) is 3.34. The van der Waals surface area contributed by atoms with Crippen LogP contribution in [0, 0.1) is 11.8 Å². The molecule has 2 fully saturated rings. The van der Waals surface area contributed by atoms with Gasteiger partial charge in [0.2, 0.25) is 0 Å². The van der Waals surface area contributed by atoms with Crippen molar-refractivity contribution in [3.05, 3.63) is 16.8 Å². The molecule has 2 unspecified atom stereocenters. The summed E-state index contributed by atoms with van der Waals surface area (Å²) in [5.41, 5.74) is 6.92. The molecule has 2 aliphatic rings. The number of hydrogen-bond acceptors (Lipinski definition) is 3. The minimum Gasteiger partial charge on any atom is -0.382 e. The van der Waals surface area contributed by atoms with Crippen LogP contribution in [0.15, 0.2) is 6.07 Å². The lowest BCUT2D eigenvalue weighted by Gasteiger charge is -2.03. The van der Waals surface area contributed by atoms with Crippen molar-refractivity contribution in [2.45, 2.75) is 31.6 Å². The van der Waals surface area contributed by atoms with Gasteiger partial charge >= 0.3 is 0 Å². The number of nitrogen functional groups attached to an aromatic ring is 1. The Labute approximate surface area is 94.0 Å². The van der Waals surface area contributed by atoms with Gasteiger partial charge in [-0.1, -0.05) is 24.4 Å². The van der Waals surface area contributed by atoms with Crippen LogP contribution in [0.1, 0.15) is 37.2 Å². The Bertz CT molecular complexity index is 389. The summed E-state index contributed by atoms with van der Waals surface area (Å²) in [6, 6.07) is 1.88. The average Bonchev–Trinajstić information content (AvgIpc) is 3.08. The highest BCUT2D eigenvalue weighted by atomic mass is 35.5. The van der Waals surface area contributed by atoms with E-state index in [0.29, 0.717) is 16.9 Å². The zero-order chi connectivity index (χ0) is 10.4. The van der Waals surface area contributed by atoms with Crippen molar-refractivity contribution in [3.63, 3.8) is 0 Å². The van der Waals surface area contributed by atoms with E-state index >= 15 is 0 Å². The molecule has 1 aromatic heterocycles. The molecule has 3 rings (SSSR count). The zero-order valence-electron chi connectivity index (χ0n) is 8.49. The lowest BCUT2D eigenvalue weighted by molar-refractivity contribution is 0.636. The standard InChI is InChI=1S/C11H14ClN3/c12-10-5-9(11(13)15-14-10)8-4-7(8)3-6-1-2-6/h5-8H,1-4H2,(H2,13,15). The van der Waals surface area contributed by atoms with E-state index < -0.39 is 0 Å². The van der Waals surface area contributed by atoms with Gasteiger partial charge in [0.15, 0.2) is 5.15 Å². The second-order valence-corrected chi connectivity index (χ2v) is 5.18. The molecule has 80 valence electrons. The molecular weight excluding hydrogens is 210 g/mol. The van der Waals surface area contributed by atoms with Crippen LogP contribution < -0.4 is 5.73 Å². The van der Waals surface area contributed by atoms with E-state index in [9.17, 15) is 0 Å². The predicted molar refractivity (Wildman–Crippen MR) is 59.6 cm³/mol. The van der Waals surface area contributed by atoms with Gasteiger partial charge in [-0.2, -0.15) is 0 Å². The van der Waals surface area contributed by atoms with Crippen LogP contribution in [0.2, 0.25) is 5.15 Å². The van der Waals surface area contributed by atoms with Crippen molar-refractivity contribution < 1.29 is 0 Å². The first-order valence-corrected chi connectivity index (χ1v) is 5.90. The van der Waals surface area contributed by atoms with Gasteiger partial charge in [0.1, 0.15) is 5.82 Å². The third kappa shape index (κ3) is 1.93. The topological polar surface area (TPSA) is 51.8 Å². The van der Waals surface area contributed by atoms with Crippen molar-refractivity contribution in [1.29, 1.82) is 0 Å². The van der Waals surface area contributed by atoms with Crippen LogP contribution in [0.25, 0.3) is 0 Å². The van der Waals surface area contributed by atoms with Crippen molar-refractivity contribution in [1.82, 2.24) is 10.2 Å². The third-order valence-electron chi connectivity index (χ3n) is 3.48. The van der Waals surface area contributed by atoms with Gasteiger partial charge in [-0.15, -0.1) is 10.2 Å². The first-order chi connectivity index (χ1) is 7.24. The van der Waals surface area contributed by atoms with E-state index in [1.165, 1.54) is 25.7 Å². The normalized spacial score (nSPS) is 29.1. The van der Waals surface area contributed by atoms with Crippen LogP contribution in [0.3, 0.4) is 0 Å². The van der Waals surface area contributed by atoms with E-state index in [0.717, 1.165) is 17.4 Å². The number of rotatable bonds is 3. The number of halogens is 1. The van der Waals surface area contributed by atoms with Gasteiger partial charge in [0.25, 0.3) is 0 Å². The van der Waals surface area contributed by atoms with Gasteiger partial charge in [-0.25, -0.2) is 0 Å². The molecule has 0 amide bonds. The Morgan fingerprint density at radius 1 is 1.40 bits per heavy atom. The molecule has 0 saturated heterocycles. The van der Waals surface area contributed by atoms with Gasteiger partial charge in [-0.05, 0) is 36.7 Å². The second-order valence-electron chi connectivity index (χ2n) is 4.79. The van der Waals surface area contributed by atoms with Crippen LogP contribution in [0.5, 0.6) is 0 Å². The van der Waals surface area contributed by atoms with Crippen molar-refractivity contribution >= 4 is 17.4 Å². The Morgan fingerprint density at radius 2 is 2.20 bits per heavy atom. The number of nitrogens with zero attached hydrogens (tertiary/aromatic N) is 2. The lowest BCUT2D eigenvalue weighted by Crippen LogP contribution is -1.99. The zero-order valence-corrected chi connectivity index (χ0v) is 9.24. The van der Waals surface area contributed by atoms with Gasteiger partial charge < -0.3 is 5.73 Å². The summed E-state index contributed by atoms with van der Waals surface area (Å²) in [5.74, 6) is 2.97. The molecule has 2 saturated carbocycles. The van der Waals surface area contributed by atoms with Crippen LogP contribution in [-0.4, -0.2) is 10.2 Å². The smallest absolute Gasteiger partial charge is 0.152 e. The summed E-state index contributed by atoms with van der Waals surface area (Å²) in [5, 5.41) is 8.06. The molecule has 0 spiro atoms. The Morgan fingerprint density at radius 3 is 2.93 bits per heavy atom. The number of hydrogen-bond donors (Lipinski definition) is 1. The molecule has 1 heterocycles. The number of aromatic nitrogens is 2. The van der Waals surface area contributed by atoms with Crippen LogP contribution >= 0.6 is 11.6 Å². The molecule has 2 aliphatic carbocycles. The fraction of sp³-hybridized carbons (Fsp3) is 0.636. The van der Waals surface area contributed by atoms with E-state index in [4.69, 9.17) is 17.3 Å². The van der Waals surface area contributed by atoms with Gasteiger partial charge in [-0.3, -0.25) is 0 Å². The maximum Gasteiger partial charge on any atom is 0.152 e. The molecule has 4 heteroatoms. The highest BCUT2D eigenvalue weighted by Crippen LogP contribution is 2.55. The first kappa shape index (κ1) is 9.40. The average molecular weight is 224 g/mol. The van der Waals surface area contributed by atoms with Crippen molar-refractivity contribution in [3.8, 4) is 0 Å². The fourth-order valence-corrected chi connectivity index (χ4v) is 2.51. The van der Waals surface area contributed by atoms with E-state index in [1.807, 2.05) is 6.07 Å². The molecule has 2 atom stereocenters. The summed E-state index contributed by atoms with van der Waals surface area (Å²) in [7, 11) is 0. The minimum absolute atomic E-state index is 0.455. The molecule has 2 N–H and O–H groups in total. The summed E-state index contributed by atoms with van der Waals surface area (Å²) in [6.45, 7) is 0. The van der Waals surface area contributed by atoms with Crippen LogP contribution in [-0.2, 0) is 0 Å². The molecule has 0 bridgehead atoms. The van der Waals surface area contributed by atoms with Crippen molar-refractivity contribution in [2.75, 3.05) is 5.73 Å². The Kier molecular flexibility index (Phi) is 2.09. The quantitative estimate of drug-likeness (QED) is 0.857. The maximum absolute atomic E-state index is 5.83. The van der Waals surface area contributed by atoms with E-state index in [-0.39, 0.29) is 0 Å². The number of anilines is 1. The molecule has 0 aliphatic heterocycles. The SMILES string of the molecule is Nc1nnc(Cl)cc1C1CC1CC1CC1. The largest absolute Gasteiger partial charge is 0.382 e. The Balaban J connectivity index is 1.73. The minimum atomic E-state index is 0.455. The monoisotopic (exact) mass is 223 g/mol. The summed E-state index contributed by atoms with van der Waals surface area (Å²) in [4.78, 5) is 0. The summed E-state index contributed by atoms with van der Waals surface area (Å²) >= 11 is 5.83. The first-order valence-electron chi connectivity index (χ1n) is 5.52. The molecule has 1 aromatic rings. The van der Waals surface area contributed by atoms with Gasteiger partial charge in [0.05, 0.1) is 0 Å². The fourth-order valence-electron chi connectivity index (χ4n) is 2.36. The van der Waals surface area contributed by atoms with E-state index in [2.05, 4.69) is 10.2 Å². The lowest BCUT2D eigenvalue weighted by atomic mass is 10.1. The molecule has 3 nitrogen and oxygen atoms in total. The highest BCUT2D eigenvalue weighted by Gasteiger charge is 2.42. The number of nitrogens with two attached hydrogens (primary N) is 1. The van der Waals surface area contributed by atoms with Crippen molar-refractivity contribution in [2.24, 2.45) is 11.8 Å². The molecule has 0 radical (unpaired) electrons. The van der Waals surface area contributed by atoms with Gasteiger partial charge in [0, 0.05) is 5.56 Å². The Hall–Kier alpha value is -0.830. The van der Waals surface area contributed by atoms with E-state index in [1.54, 1.807) is 0 Å². The van der Waals surface area contributed by atoms with Crippen LogP contribution in [0.4, 0.5) is 5.82 Å². The summed E-state index contributed by atoms with van der Waals surface area (Å²) < 4.78 is 0. The molecular formula is C11H14ClN3. The molecule has 0 aromatic carbocycles. The maximum atomic E-state index is 5.83. The summed E-state index contributed by atoms with van der Waals surface area (Å²) in [6.07, 6.45) is 5.47. The third-order valence-corrected chi connectivity index (χ3v) is 3.66. The molecule has 15 heavy (non-hydrogen) atoms.